The molecule has 0 saturated carbocycles. The van der Waals surface area contributed by atoms with E-state index in [9.17, 15) is 0 Å². The minimum atomic E-state index is -1.49. The van der Waals surface area contributed by atoms with Crippen molar-refractivity contribution in [2.45, 2.75) is 20.0 Å². The fourth-order valence-electron chi connectivity index (χ4n) is 0.748. The Morgan fingerprint density at radius 2 is 2.10 bits per heavy atom. The monoisotopic (exact) mass is 178 g/mol. The summed E-state index contributed by atoms with van der Waals surface area (Å²) >= 11 is 5.49. The maximum absolute atomic E-state index is 5.52. The van der Waals surface area contributed by atoms with Crippen molar-refractivity contribution in [3.63, 3.8) is 0 Å². The van der Waals surface area contributed by atoms with Crippen molar-refractivity contribution < 1.29 is 4.43 Å². The maximum atomic E-state index is 5.52. The first-order chi connectivity index (χ1) is 4.62. The molecule has 0 N–H and O–H groups in total. The van der Waals surface area contributed by atoms with Gasteiger partial charge in [0.2, 0.25) is 8.32 Å². The summed E-state index contributed by atoms with van der Waals surface area (Å²) in [6.07, 6.45) is 1.96. The molecule has 0 radical (unpaired) electrons. The lowest BCUT2D eigenvalue weighted by molar-refractivity contribution is 0.338. The van der Waals surface area contributed by atoms with E-state index in [1.165, 1.54) is 0 Å². The fourth-order valence-corrected chi connectivity index (χ4v) is 2.51. The van der Waals surface area contributed by atoms with Crippen molar-refractivity contribution in [2.75, 3.05) is 12.5 Å². The SMILES string of the molecule is CCO[Si](C)(C)C=CCCl. The van der Waals surface area contributed by atoms with E-state index in [0.29, 0.717) is 5.88 Å². The van der Waals surface area contributed by atoms with Gasteiger partial charge in [0, 0.05) is 12.5 Å². The van der Waals surface area contributed by atoms with Gasteiger partial charge in [0.15, 0.2) is 0 Å². The van der Waals surface area contributed by atoms with Crippen molar-refractivity contribution in [1.82, 2.24) is 0 Å². The molecular weight excluding hydrogens is 164 g/mol. The van der Waals surface area contributed by atoms with E-state index in [1.54, 1.807) is 0 Å². The van der Waals surface area contributed by atoms with Crippen molar-refractivity contribution in [1.29, 1.82) is 0 Å². The summed E-state index contributed by atoms with van der Waals surface area (Å²) in [4.78, 5) is 0. The highest BCUT2D eigenvalue weighted by Crippen LogP contribution is 2.05. The molecule has 0 aromatic rings. The largest absolute Gasteiger partial charge is 0.414 e. The predicted molar refractivity (Wildman–Crippen MR) is 49.0 cm³/mol. The van der Waals surface area contributed by atoms with Crippen LogP contribution in [-0.4, -0.2) is 20.8 Å². The lowest BCUT2D eigenvalue weighted by Crippen LogP contribution is -2.27. The van der Waals surface area contributed by atoms with Crippen LogP contribution in [0.5, 0.6) is 0 Å². The second-order valence-electron chi connectivity index (χ2n) is 2.59. The van der Waals surface area contributed by atoms with Gasteiger partial charge in [-0.05, 0) is 20.0 Å². The average Bonchev–Trinajstić information content (AvgIpc) is 1.84. The first-order valence-corrected chi connectivity index (χ1v) is 7.02. The molecule has 1 nitrogen and oxygen atoms in total. The van der Waals surface area contributed by atoms with Gasteiger partial charge in [-0.1, -0.05) is 11.8 Å². The van der Waals surface area contributed by atoms with E-state index in [2.05, 4.69) is 18.8 Å². The Bertz CT molecular complexity index is 112. The molecule has 0 aliphatic carbocycles. The van der Waals surface area contributed by atoms with E-state index < -0.39 is 8.32 Å². The fraction of sp³-hybridized carbons (Fsp3) is 0.714. The minimum Gasteiger partial charge on any atom is -0.414 e. The molecule has 0 atom stereocenters. The minimum absolute atomic E-state index is 0.587. The molecule has 10 heavy (non-hydrogen) atoms. The van der Waals surface area contributed by atoms with Gasteiger partial charge in [0.1, 0.15) is 0 Å². The van der Waals surface area contributed by atoms with Gasteiger partial charge in [-0.25, -0.2) is 0 Å². The molecule has 0 rings (SSSR count). The van der Waals surface area contributed by atoms with E-state index >= 15 is 0 Å². The Labute approximate surface area is 69.2 Å². The summed E-state index contributed by atoms with van der Waals surface area (Å²) in [5.41, 5.74) is 2.11. The van der Waals surface area contributed by atoms with Gasteiger partial charge in [0.05, 0.1) is 0 Å². The number of hydrogen-bond acceptors (Lipinski definition) is 1. The van der Waals surface area contributed by atoms with Crippen LogP contribution in [-0.2, 0) is 4.43 Å². The first kappa shape index (κ1) is 10.2. The number of rotatable bonds is 4. The lowest BCUT2D eigenvalue weighted by atomic mass is 10.8. The van der Waals surface area contributed by atoms with Crippen molar-refractivity contribution in [3.05, 3.63) is 11.8 Å². The second-order valence-corrected chi connectivity index (χ2v) is 6.73. The molecular formula is C7H15ClOSi. The first-order valence-electron chi connectivity index (χ1n) is 3.50. The van der Waals surface area contributed by atoms with Gasteiger partial charge < -0.3 is 4.43 Å². The molecule has 3 heteroatoms. The highest BCUT2D eigenvalue weighted by molar-refractivity contribution is 6.76. The van der Waals surface area contributed by atoms with Crippen molar-refractivity contribution in [3.8, 4) is 0 Å². The zero-order chi connectivity index (χ0) is 8.04. The standard InChI is InChI=1S/C7H15ClOSi/c1-4-9-10(2,3)7-5-6-8/h5,7H,4,6H2,1-3H3. The summed E-state index contributed by atoms with van der Waals surface area (Å²) in [5, 5.41) is 0. The third kappa shape index (κ3) is 5.03. The van der Waals surface area contributed by atoms with Crippen LogP contribution in [0.25, 0.3) is 0 Å². The van der Waals surface area contributed by atoms with Crippen LogP contribution in [0, 0.1) is 0 Å². The Hall–Kier alpha value is 0.207. The molecule has 0 aliphatic rings. The third-order valence-corrected chi connectivity index (χ3v) is 3.37. The Morgan fingerprint density at radius 1 is 1.50 bits per heavy atom. The van der Waals surface area contributed by atoms with Gasteiger partial charge in [0.25, 0.3) is 0 Å². The highest BCUT2D eigenvalue weighted by Gasteiger charge is 2.16. The van der Waals surface area contributed by atoms with E-state index in [-0.39, 0.29) is 0 Å². The smallest absolute Gasteiger partial charge is 0.210 e. The third-order valence-electron chi connectivity index (χ3n) is 1.12. The normalized spacial score (nSPS) is 12.8. The van der Waals surface area contributed by atoms with Gasteiger partial charge in [-0.2, -0.15) is 0 Å². The van der Waals surface area contributed by atoms with Crippen LogP contribution in [0.3, 0.4) is 0 Å². The molecule has 0 aromatic heterocycles. The molecule has 0 bridgehead atoms. The maximum Gasteiger partial charge on any atom is 0.210 e. The zero-order valence-corrected chi connectivity index (χ0v) is 8.61. The molecule has 0 spiro atoms. The number of allylic oxidation sites excluding steroid dienone is 1. The summed E-state index contributed by atoms with van der Waals surface area (Å²) in [6, 6.07) is 0. The second kappa shape index (κ2) is 4.94. The molecule has 0 unspecified atom stereocenters. The molecule has 60 valence electrons. The summed E-state index contributed by atoms with van der Waals surface area (Å²) in [5.74, 6) is 0.587. The zero-order valence-electron chi connectivity index (χ0n) is 6.86. The topological polar surface area (TPSA) is 9.23 Å². The lowest BCUT2D eigenvalue weighted by Gasteiger charge is -2.16. The van der Waals surface area contributed by atoms with Gasteiger partial charge >= 0.3 is 0 Å². The molecule has 0 fully saturated rings. The van der Waals surface area contributed by atoms with E-state index in [4.69, 9.17) is 16.0 Å². The van der Waals surface area contributed by atoms with Gasteiger partial charge in [-0.15, -0.1) is 11.6 Å². The Kier molecular flexibility index (Phi) is 5.04. The number of halogens is 1. The van der Waals surface area contributed by atoms with Crippen LogP contribution in [0.1, 0.15) is 6.92 Å². The van der Waals surface area contributed by atoms with Crippen molar-refractivity contribution in [2.24, 2.45) is 0 Å². The Morgan fingerprint density at radius 3 is 2.50 bits per heavy atom. The summed E-state index contributed by atoms with van der Waals surface area (Å²) in [6.45, 7) is 7.12. The van der Waals surface area contributed by atoms with E-state index in [0.717, 1.165) is 6.61 Å². The van der Waals surface area contributed by atoms with Crippen LogP contribution in [0.4, 0.5) is 0 Å². The van der Waals surface area contributed by atoms with Crippen LogP contribution in [0.15, 0.2) is 11.8 Å². The summed E-state index contributed by atoms with van der Waals surface area (Å²) in [7, 11) is -1.49. The highest BCUT2D eigenvalue weighted by atomic mass is 35.5. The number of hydrogen-bond donors (Lipinski definition) is 0. The molecule has 0 aliphatic heterocycles. The predicted octanol–water partition coefficient (Wildman–Crippen LogP) is 2.56. The van der Waals surface area contributed by atoms with Crippen LogP contribution < -0.4 is 0 Å². The summed E-state index contributed by atoms with van der Waals surface area (Å²) < 4.78 is 5.52. The molecule has 0 aromatic carbocycles. The van der Waals surface area contributed by atoms with Gasteiger partial charge in [-0.3, -0.25) is 0 Å². The molecule has 0 amide bonds. The van der Waals surface area contributed by atoms with E-state index in [1.807, 2.05) is 13.0 Å². The Balaban J connectivity index is 3.73. The quantitative estimate of drug-likeness (QED) is 0.475. The average molecular weight is 179 g/mol. The van der Waals surface area contributed by atoms with Crippen LogP contribution >= 0.6 is 11.6 Å². The van der Waals surface area contributed by atoms with Crippen LogP contribution in [0.2, 0.25) is 13.1 Å². The van der Waals surface area contributed by atoms with Crippen molar-refractivity contribution >= 4 is 19.9 Å². The number of alkyl halides is 1. The molecule has 0 heterocycles. The molecule has 0 saturated heterocycles.